The van der Waals surface area contributed by atoms with Gasteiger partial charge in [-0.15, -0.1) is 0 Å². The van der Waals surface area contributed by atoms with E-state index < -0.39 is 0 Å². The Balaban J connectivity index is 3.88. The third-order valence-electron chi connectivity index (χ3n) is 1.52. The second-order valence-electron chi connectivity index (χ2n) is 3.21. The number of hydrogen-bond acceptors (Lipinski definition) is 4. The Morgan fingerprint density at radius 3 is 2.67 bits per heavy atom. The van der Waals surface area contributed by atoms with Crippen molar-refractivity contribution >= 4 is 32.6 Å². The lowest BCUT2D eigenvalue weighted by molar-refractivity contribution is 0.225. The molecule has 0 unspecified atom stereocenters. The lowest BCUT2D eigenvalue weighted by Gasteiger charge is -2.08. The van der Waals surface area contributed by atoms with Gasteiger partial charge in [-0.2, -0.15) is 0 Å². The molecule has 0 saturated heterocycles. The zero-order chi connectivity index (χ0) is 11.7. The van der Waals surface area contributed by atoms with E-state index in [0.29, 0.717) is 19.1 Å². The van der Waals surface area contributed by atoms with Gasteiger partial charge in [0.25, 0.3) is 6.02 Å². The van der Waals surface area contributed by atoms with Gasteiger partial charge in [0.1, 0.15) is 0 Å². The van der Waals surface area contributed by atoms with Crippen LogP contribution < -0.4 is 5.32 Å². The first-order chi connectivity index (χ1) is 7.06. The van der Waals surface area contributed by atoms with Crippen LogP contribution in [0.5, 0.6) is 0 Å². The van der Waals surface area contributed by atoms with E-state index >= 15 is 0 Å². The smallest absolute Gasteiger partial charge is 0.374 e. The molecule has 5 nitrogen and oxygen atoms in total. The molecule has 0 aromatic carbocycles. The van der Waals surface area contributed by atoms with Crippen LogP contribution in [-0.4, -0.2) is 48.6 Å². The number of halogens is 1. The summed E-state index contributed by atoms with van der Waals surface area (Å²) in [6.45, 7) is 4.25. The predicted molar refractivity (Wildman–Crippen MR) is 69.7 cm³/mol. The second-order valence-corrected chi connectivity index (χ2v) is 4.09. The molecule has 0 bridgehead atoms. The van der Waals surface area contributed by atoms with Crippen LogP contribution in [0.1, 0.15) is 13.3 Å². The van der Waals surface area contributed by atoms with Crippen LogP contribution in [-0.2, 0) is 4.74 Å². The van der Waals surface area contributed by atoms with E-state index in [-0.39, 0.29) is 3.98 Å². The molecule has 0 aliphatic rings. The Morgan fingerprint density at radius 2 is 2.20 bits per heavy atom. The lowest BCUT2D eigenvalue weighted by atomic mass is 10.4. The standard InChI is InChI=1S/C9H18IN3O2/c1-4-11-9(15-8(10)14)12-6-5-7-13(2)3/h4-7H2,1-3H3,(H,11,12). The highest BCUT2D eigenvalue weighted by Gasteiger charge is 2.02. The van der Waals surface area contributed by atoms with Crippen LogP contribution in [0, 0.1) is 0 Å². The Kier molecular flexibility index (Phi) is 8.68. The SMILES string of the molecule is CCNC(=NCCCN(C)C)OC(=O)I. The average Bonchev–Trinajstić information content (AvgIpc) is 2.11. The summed E-state index contributed by atoms with van der Waals surface area (Å²) in [6, 6.07) is 0.315. The molecule has 0 atom stereocenters. The van der Waals surface area contributed by atoms with Crippen molar-refractivity contribution in [1.82, 2.24) is 10.2 Å². The van der Waals surface area contributed by atoms with Crippen molar-refractivity contribution in [2.45, 2.75) is 13.3 Å². The van der Waals surface area contributed by atoms with Crippen molar-refractivity contribution in [1.29, 1.82) is 0 Å². The minimum atomic E-state index is -0.375. The van der Waals surface area contributed by atoms with Gasteiger partial charge >= 0.3 is 3.98 Å². The van der Waals surface area contributed by atoms with Crippen molar-refractivity contribution in [3.05, 3.63) is 0 Å². The number of carbonyl (C=O) groups excluding carboxylic acids is 1. The maximum Gasteiger partial charge on any atom is 0.374 e. The van der Waals surface area contributed by atoms with Crippen LogP contribution in [0.3, 0.4) is 0 Å². The molecular weight excluding hydrogens is 309 g/mol. The summed E-state index contributed by atoms with van der Waals surface area (Å²) >= 11 is 1.58. The monoisotopic (exact) mass is 327 g/mol. The van der Waals surface area contributed by atoms with Crippen molar-refractivity contribution in [2.24, 2.45) is 4.99 Å². The molecule has 0 aromatic rings. The Morgan fingerprint density at radius 1 is 1.53 bits per heavy atom. The van der Waals surface area contributed by atoms with Crippen LogP contribution in [0.2, 0.25) is 0 Å². The molecule has 88 valence electrons. The van der Waals surface area contributed by atoms with Crippen molar-refractivity contribution in [3.8, 4) is 0 Å². The van der Waals surface area contributed by atoms with E-state index in [2.05, 4.69) is 15.2 Å². The van der Waals surface area contributed by atoms with Crippen molar-refractivity contribution in [3.63, 3.8) is 0 Å². The van der Waals surface area contributed by atoms with Gasteiger partial charge in [-0.1, -0.05) is 0 Å². The highest BCUT2D eigenvalue weighted by Crippen LogP contribution is 1.93. The molecule has 0 aliphatic heterocycles. The number of amidine groups is 1. The first-order valence-corrected chi connectivity index (χ1v) is 5.94. The lowest BCUT2D eigenvalue weighted by Crippen LogP contribution is -2.27. The van der Waals surface area contributed by atoms with Gasteiger partial charge in [-0.25, -0.2) is 9.79 Å². The zero-order valence-electron chi connectivity index (χ0n) is 9.42. The van der Waals surface area contributed by atoms with Gasteiger partial charge in [0.2, 0.25) is 0 Å². The Hall–Kier alpha value is -0.370. The highest BCUT2D eigenvalue weighted by molar-refractivity contribution is 14.1. The molecule has 1 N–H and O–H groups in total. The summed E-state index contributed by atoms with van der Waals surface area (Å²) in [4.78, 5) is 17.0. The van der Waals surface area contributed by atoms with E-state index in [4.69, 9.17) is 4.74 Å². The number of aliphatic imine (C=N–C) groups is 1. The topological polar surface area (TPSA) is 53.9 Å². The largest absolute Gasteiger partial charge is 0.385 e. The van der Waals surface area contributed by atoms with E-state index in [1.165, 1.54) is 0 Å². The van der Waals surface area contributed by atoms with Gasteiger partial charge < -0.3 is 15.0 Å². The van der Waals surface area contributed by atoms with E-state index in [9.17, 15) is 4.79 Å². The number of rotatable bonds is 5. The van der Waals surface area contributed by atoms with Gasteiger partial charge in [0, 0.05) is 13.1 Å². The number of ether oxygens (including phenoxy) is 1. The number of nitrogens with one attached hydrogen (secondary N) is 1. The highest BCUT2D eigenvalue weighted by atomic mass is 127. The quantitative estimate of drug-likeness (QED) is 0.273. The summed E-state index contributed by atoms with van der Waals surface area (Å²) in [7, 11) is 4.03. The molecule has 15 heavy (non-hydrogen) atoms. The maximum absolute atomic E-state index is 10.7. The second kappa shape index (κ2) is 8.90. The Bertz CT molecular complexity index is 219. The van der Waals surface area contributed by atoms with E-state index in [1.54, 1.807) is 22.6 Å². The van der Waals surface area contributed by atoms with Crippen LogP contribution in [0.15, 0.2) is 4.99 Å². The molecule has 0 rings (SSSR count). The van der Waals surface area contributed by atoms with Crippen LogP contribution in [0.4, 0.5) is 4.79 Å². The molecule has 0 aliphatic carbocycles. The van der Waals surface area contributed by atoms with E-state index in [1.807, 2.05) is 21.0 Å². The van der Waals surface area contributed by atoms with Crippen LogP contribution >= 0.6 is 22.6 Å². The fourth-order valence-electron chi connectivity index (χ4n) is 0.919. The predicted octanol–water partition coefficient (Wildman–Crippen LogP) is 1.48. The molecule has 0 fully saturated rings. The summed E-state index contributed by atoms with van der Waals surface area (Å²) in [5, 5.41) is 2.89. The third-order valence-corrected chi connectivity index (χ3v) is 1.74. The molecule has 0 aromatic heterocycles. The number of nitrogens with zero attached hydrogens (tertiary/aromatic N) is 2. The number of carbonyl (C=O) groups is 1. The molecular formula is C9H18IN3O2. The molecule has 0 spiro atoms. The molecule has 0 radical (unpaired) electrons. The minimum Gasteiger partial charge on any atom is -0.385 e. The maximum atomic E-state index is 10.7. The fourth-order valence-corrected chi connectivity index (χ4v) is 1.13. The molecule has 6 heteroatoms. The summed E-state index contributed by atoms with van der Waals surface area (Å²) in [5.41, 5.74) is 0. The van der Waals surface area contributed by atoms with Crippen LogP contribution in [0.25, 0.3) is 0 Å². The summed E-state index contributed by atoms with van der Waals surface area (Å²) < 4.78 is 4.50. The van der Waals surface area contributed by atoms with Gasteiger partial charge in [0.15, 0.2) is 0 Å². The van der Waals surface area contributed by atoms with Crippen molar-refractivity contribution in [2.75, 3.05) is 33.7 Å². The fraction of sp³-hybridized carbons (Fsp3) is 0.778. The normalized spacial score (nSPS) is 11.7. The van der Waals surface area contributed by atoms with Gasteiger partial charge in [-0.05, 0) is 34.0 Å². The Labute approximate surface area is 104 Å². The summed E-state index contributed by atoms with van der Waals surface area (Å²) in [5.74, 6) is 0. The molecule has 0 amide bonds. The molecule has 0 heterocycles. The molecule has 0 saturated carbocycles. The minimum absolute atomic E-state index is 0.315. The van der Waals surface area contributed by atoms with Crippen molar-refractivity contribution < 1.29 is 9.53 Å². The van der Waals surface area contributed by atoms with Gasteiger partial charge in [0.05, 0.1) is 22.6 Å². The first kappa shape index (κ1) is 14.6. The van der Waals surface area contributed by atoms with Gasteiger partial charge in [-0.3, -0.25) is 0 Å². The summed E-state index contributed by atoms with van der Waals surface area (Å²) in [6.07, 6.45) is 0.945. The average molecular weight is 327 g/mol. The third kappa shape index (κ3) is 9.92. The first-order valence-electron chi connectivity index (χ1n) is 4.86. The number of hydrogen-bond donors (Lipinski definition) is 1. The van der Waals surface area contributed by atoms with E-state index in [0.717, 1.165) is 13.0 Å². The zero-order valence-corrected chi connectivity index (χ0v) is 11.6.